The van der Waals surface area contributed by atoms with Gasteiger partial charge in [-0.1, -0.05) is 38.8 Å². The maximum absolute atomic E-state index is 11.7. The number of nitrogens with zero attached hydrogens (tertiary/aromatic N) is 1. The molecule has 1 rings (SSSR count). The van der Waals surface area contributed by atoms with Gasteiger partial charge in [0, 0.05) is 6.54 Å². The summed E-state index contributed by atoms with van der Waals surface area (Å²) in [7, 11) is 0. The van der Waals surface area contributed by atoms with Crippen molar-refractivity contribution in [3.8, 4) is 6.07 Å². The molecule has 1 amide bonds. The molecule has 0 spiro atoms. The molecule has 0 aliphatic carbocycles. The predicted molar refractivity (Wildman–Crippen MR) is 71.9 cm³/mol. The number of carbonyl (C=O) groups is 1. The van der Waals surface area contributed by atoms with Crippen LogP contribution >= 0.6 is 0 Å². The number of carbonyl (C=O) groups excluding carboxylic acids is 1. The van der Waals surface area contributed by atoms with Crippen molar-refractivity contribution in [3.05, 3.63) is 35.4 Å². The lowest BCUT2D eigenvalue weighted by molar-refractivity contribution is -0.120. The second kappa shape index (κ2) is 7.50. The molecule has 0 heterocycles. The van der Waals surface area contributed by atoms with E-state index in [4.69, 9.17) is 5.26 Å². The number of nitriles is 1. The highest BCUT2D eigenvalue weighted by Gasteiger charge is 2.07. The Morgan fingerprint density at radius 3 is 2.39 bits per heavy atom. The second-order valence-electron chi connectivity index (χ2n) is 4.47. The Kier molecular flexibility index (Phi) is 5.93. The van der Waals surface area contributed by atoms with E-state index in [0.717, 1.165) is 24.9 Å². The third-order valence-corrected chi connectivity index (χ3v) is 3.19. The van der Waals surface area contributed by atoms with E-state index < -0.39 is 0 Å². The Balaban J connectivity index is 2.42. The maximum atomic E-state index is 11.7. The van der Waals surface area contributed by atoms with E-state index in [-0.39, 0.29) is 5.91 Å². The summed E-state index contributed by atoms with van der Waals surface area (Å²) in [5.41, 5.74) is 1.56. The zero-order chi connectivity index (χ0) is 13.4. The first-order valence-electron chi connectivity index (χ1n) is 6.45. The van der Waals surface area contributed by atoms with Crippen molar-refractivity contribution in [2.75, 3.05) is 6.54 Å². The van der Waals surface area contributed by atoms with E-state index in [1.807, 2.05) is 12.1 Å². The minimum atomic E-state index is 0.0478. The lowest BCUT2D eigenvalue weighted by atomic mass is 10.0. The minimum absolute atomic E-state index is 0.0478. The Morgan fingerprint density at radius 1 is 1.28 bits per heavy atom. The molecule has 0 bridgehead atoms. The van der Waals surface area contributed by atoms with Crippen LogP contribution in [0.1, 0.15) is 37.8 Å². The summed E-state index contributed by atoms with van der Waals surface area (Å²) in [5, 5.41) is 11.6. The zero-order valence-electron chi connectivity index (χ0n) is 11.1. The van der Waals surface area contributed by atoms with Gasteiger partial charge in [0.15, 0.2) is 0 Å². The van der Waals surface area contributed by atoms with Gasteiger partial charge in [0.25, 0.3) is 0 Å². The lowest BCUT2D eigenvalue weighted by Crippen LogP contribution is -2.30. The van der Waals surface area contributed by atoms with Gasteiger partial charge in [0.1, 0.15) is 0 Å². The lowest BCUT2D eigenvalue weighted by Gasteiger charge is -2.13. The molecule has 0 radical (unpaired) electrons. The molecule has 0 fully saturated rings. The van der Waals surface area contributed by atoms with Crippen molar-refractivity contribution in [1.29, 1.82) is 5.26 Å². The van der Waals surface area contributed by atoms with Crippen molar-refractivity contribution >= 4 is 5.91 Å². The summed E-state index contributed by atoms with van der Waals surface area (Å²) in [5.74, 6) is 0.613. The molecule has 96 valence electrons. The Labute approximate surface area is 109 Å². The van der Waals surface area contributed by atoms with Crippen molar-refractivity contribution in [2.45, 2.75) is 33.1 Å². The molecule has 0 aliphatic rings. The van der Waals surface area contributed by atoms with Gasteiger partial charge in [-0.25, -0.2) is 0 Å². The standard InChI is InChI=1S/C15H20N2O/c1-3-12(4-2)11-17-15(18)9-13-5-7-14(10-16)8-6-13/h5-8,12H,3-4,9,11H2,1-2H3,(H,17,18). The van der Waals surface area contributed by atoms with E-state index >= 15 is 0 Å². The van der Waals surface area contributed by atoms with Crippen molar-refractivity contribution in [1.82, 2.24) is 5.32 Å². The van der Waals surface area contributed by atoms with Gasteiger partial charge in [-0.15, -0.1) is 0 Å². The average Bonchev–Trinajstić information content (AvgIpc) is 2.41. The van der Waals surface area contributed by atoms with Crippen LogP contribution in [0.5, 0.6) is 0 Å². The van der Waals surface area contributed by atoms with Crippen LogP contribution in [-0.4, -0.2) is 12.5 Å². The van der Waals surface area contributed by atoms with Crippen molar-refractivity contribution in [2.24, 2.45) is 5.92 Å². The normalized spacial score (nSPS) is 10.1. The molecule has 0 atom stereocenters. The molecule has 0 saturated carbocycles. The van der Waals surface area contributed by atoms with Gasteiger partial charge in [0.05, 0.1) is 18.1 Å². The maximum Gasteiger partial charge on any atom is 0.224 e. The highest BCUT2D eigenvalue weighted by molar-refractivity contribution is 5.78. The Morgan fingerprint density at radius 2 is 1.89 bits per heavy atom. The summed E-state index contributed by atoms with van der Waals surface area (Å²) in [6, 6.07) is 9.20. The third kappa shape index (κ3) is 4.58. The van der Waals surface area contributed by atoms with E-state index in [1.54, 1.807) is 12.1 Å². The molecule has 0 aliphatic heterocycles. The summed E-state index contributed by atoms with van der Waals surface area (Å²) in [6.45, 7) is 5.03. The quantitative estimate of drug-likeness (QED) is 0.836. The first kappa shape index (κ1) is 14.2. The minimum Gasteiger partial charge on any atom is -0.356 e. The molecule has 0 unspecified atom stereocenters. The fourth-order valence-electron chi connectivity index (χ4n) is 1.78. The molecule has 1 aromatic rings. The summed E-state index contributed by atoms with van der Waals surface area (Å²) >= 11 is 0. The summed E-state index contributed by atoms with van der Waals surface area (Å²) < 4.78 is 0. The van der Waals surface area contributed by atoms with E-state index in [1.165, 1.54) is 0 Å². The molecule has 3 heteroatoms. The van der Waals surface area contributed by atoms with Gasteiger partial charge in [-0.2, -0.15) is 5.26 Å². The smallest absolute Gasteiger partial charge is 0.224 e. The second-order valence-corrected chi connectivity index (χ2v) is 4.47. The highest BCUT2D eigenvalue weighted by atomic mass is 16.1. The molecular weight excluding hydrogens is 224 g/mol. The molecule has 1 aromatic carbocycles. The average molecular weight is 244 g/mol. The molecular formula is C15H20N2O. The van der Waals surface area contributed by atoms with Crippen molar-refractivity contribution in [3.63, 3.8) is 0 Å². The number of hydrogen-bond acceptors (Lipinski definition) is 2. The van der Waals surface area contributed by atoms with E-state index in [9.17, 15) is 4.79 Å². The van der Waals surface area contributed by atoms with Gasteiger partial charge < -0.3 is 5.32 Å². The topological polar surface area (TPSA) is 52.9 Å². The third-order valence-electron chi connectivity index (χ3n) is 3.19. The largest absolute Gasteiger partial charge is 0.356 e. The number of benzene rings is 1. The van der Waals surface area contributed by atoms with E-state index in [2.05, 4.69) is 25.2 Å². The van der Waals surface area contributed by atoms with Gasteiger partial charge in [-0.3, -0.25) is 4.79 Å². The van der Waals surface area contributed by atoms with Crippen LogP contribution in [-0.2, 0) is 11.2 Å². The first-order chi connectivity index (χ1) is 8.69. The highest BCUT2D eigenvalue weighted by Crippen LogP contribution is 2.06. The zero-order valence-corrected chi connectivity index (χ0v) is 11.1. The molecule has 0 saturated heterocycles. The number of hydrogen-bond donors (Lipinski definition) is 1. The summed E-state index contributed by atoms with van der Waals surface area (Å²) in [4.78, 5) is 11.7. The SMILES string of the molecule is CCC(CC)CNC(=O)Cc1ccc(C#N)cc1. The summed E-state index contributed by atoms with van der Waals surface area (Å²) in [6.07, 6.45) is 2.56. The van der Waals surface area contributed by atoms with Crippen LogP contribution in [0.25, 0.3) is 0 Å². The Bertz CT molecular complexity index is 413. The van der Waals surface area contributed by atoms with Crippen molar-refractivity contribution < 1.29 is 4.79 Å². The van der Waals surface area contributed by atoms with Gasteiger partial charge in [0.2, 0.25) is 5.91 Å². The fourth-order valence-corrected chi connectivity index (χ4v) is 1.78. The molecule has 3 nitrogen and oxygen atoms in total. The van der Waals surface area contributed by atoms with Crippen LogP contribution in [0.15, 0.2) is 24.3 Å². The van der Waals surface area contributed by atoms with Crippen LogP contribution < -0.4 is 5.32 Å². The number of rotatable bonds is 6. The Hall–Kier alpha value is -1.82. The van der Waals surface area contributed by atoms with Crippen LogP contribution in [0.4, 0.5) is 0 Å². The molecule has 1 N–H and O–H groups in total. The number of amides is 1. The van der Waals surface area contributed by atoms with Crippen LogP contribution in [0.2, 0.25) is 0 Å². The molecule has 18 heavy (non-hydrogen) atoms. The fraction of sp³-hybridized carbons (Fsp3) is 0.467. The van der Waals surface area contributed by atoms with Crippen LogP contribution in [0, 0.1) is 17.2 Å². The van der Waals surface area contributed by atoms with Crippen LogP contribution in [0.3, 0.4) is 0 Å². The monoisotopic (exact) mass is 244 g/mol. The molecule has 0 aromatic heterocycles. The van der Waals surface area contributed by atoms with E-state index in [0.29, 0.717) is 17.9 Å². The van der Waals surface area contributed by atoms with Gasteiger partial charge >= 0.3 is 0 Å². The number of nitrogens with one attached hydrogen (secondary N) is 1. The van der Waals surface area contributed by atoms with Gasteiger partial charge in [-0.05, 0) is 23.6 Å². The predicted octanol–water partition coefficient (Wildman–Crippen LogP) is 2.65. The first-order valence-corrected chi connectivity index (χ1v) is 6.45.